The highest BCUT2D eigenvalue weighted by Gasteiger charge is 2.32. The van der Waals surface area contributed by atoms with Gasteiger partial charge in [0.1, 0.15) is 0 Å². The minimum atomic E-state index is -0.719. The molecule has 0 aliphatic carbocycles. The van der Waals surface area contributed by atoms with Crippen molar-refractivity contribution in [1.82, 2.24) is 0 Å². The molecule has 0 saturated carbocycles. The highest BCUT2D eigenvalue weighted by atomic mass is 32.1. The van der Waals surface area contributed by atoms with Crippen LogP contribution in [0.3, 0.4) is 0 Å². The zero-order chi connectivity index (χ0) is 11.5. The lowest BCUT2D eigenvalue weighted by Gasteiger charge is -2.20. The third-order valence-electron chi connectivity index (χ3n) is 2.08. The molecule has 0 atom stereocenters. The fourth-order valence-electron chi connectivity index (χ4n) is 1.12. The lowest BCUT2D eigenvalue weighted by Crippen LogP contribution is -2.30. The van der Waals surface area contributed by atoms with Crippen molar-refractivity contribution in [2.45, 2.75) is 26.2 Å². The lowest BCUT2D eigenvalue weighted by atomic mass is 9.92. The Kier molecular flexibility index (Phi) is 3.57. The van der Waals surface area contributed by atoms with Gasteiger partial charge >= 0.3 is 5.97 Å². The van der Waals surface area contributed by atoms with Gasteiger partial charge in [0, 0.05) is 4.88 Å². The molecule has 0 bridgehead atoms. The van der Waals surface area contributed by atoms with E-state index in [1.165, 1.54) is 11.3 Å². The zero-order valence-corrected chi connectivity index (χ0v) is 9.76. The molecule has 0 aliphatic heterocycles. The van der Waals surface area contributed by atoms with E-state index in [0.29, 0.717) is 11.6 Å². The molecular weight excluding hydrogens is 214 g/mol. The van der Waals surface area contributed by atoms with Crippen molar-refractivity contribution in [3.05, 3.63) is 21.9 Å². The molecule has 0 radical (unpaired) electrons. The first-order valence-electron chi connectivity index (χ1n) is 4.63. The maximum atomic E-state index is 11.6. The van der Waals surface area contributed by atoms with Crippen molar-refractivity contribution < 1.29 is 9.53 Å². The molecule has 0 spiro atoms. The number of hydrogen-bond donors (Lipinski definition) is 0. The third kappa shape index (κ3) is 2.41. The Balaban J connectivity index is 2.93. The number of hydrogen-bond acceptors (Lipinski definition) is 5. The fraction of sp³-hybridized carbons (Fsp3) is 0.500. The molecule has 0 unspecified atom stereocenters. The van der Waals surface area contributed by atoms with Crippen LogP contribution in [0.2, 0.25) is 0 Å². The van der Waals surface area contributed by atoms with Crippen LogP contribution in [0, 0.1) is 4.91 Å². The molecule has 1 heterocycles. The van der Waals surface area contributed by atoms with Crippen LogP contribution >= 0.6 is 11.3 Å². The monoisotopic (exact) mass is 227 g/mol. The Morgan fingerprint density at radius 2 is 2.20 bits per heavy atom. The molecule has 5 heteroatoms. The predicted molar refractivity (Wildman–Crippen MR) is 59.4 cm³/mol. The topological polar surface area (TPSA) is 55.7 Å². The van der Waals surface area contributed by atoms with Gasteiger partial charge in [0.15, 0.2) is 5.00 Å². The van der Waals surface area contributed by atoms with Crippen molar-refractivity contribution in [1.29, 1.82) is 0 Å². The quantitative estimate of drug-likeness (QED) is 0.587. The first kappa shape index (κ1) is 11.8. The SMILES string of the molecule is CCOC(=O)C(C)(C)c1ccc(N=O)s1. The predicted octanol–water partition coefficient (Wildman–Crippen LogP) is 2.99. The van der Waals surface area contributed by atoms with Gasteiger partial charge in [-0.3, -0.25) is 4.79 Å². The molecular formula is C10H13NO3S. The van der Waals surface area contributed by atoms with Gasteiger partial charge in [0.05, 0.1) is 12.0 Å². The number of thiophene rings is 1. The van der Waals surface area contributed by atoms with Crippen LogP contribution < -0.4 is 0 Å². The summed E-state index contributed by atoms with van der Waals surface area (Å²) in [7, 11) is 0. The Morgan fingerprint density at radius 3 is 2.67 bits per heavy atom. The largest absolute Gasteiger partial charge is 0.465 e. The third-order valence-corrected chi connectivity index (χ3v) is 3.37. The van der Waals surface area contributed by atoms with Crippen molar-refractivity contribution >= 4 is 22.3 Å². The first-order valence-corrected chi connectivity index (χ1v) is 5.45. The highest BCUT2D eigenvalue weighted by Crippen LogP contribution is 2.34. The van der Waals surface area contributed by atoms with E-state index in [2.05, 4.69) is 5.18 Å². The number of carbonyl (C=O) groups excluding carboxylic acids is 1. The molecule has 82 valence electrons. The van der Waals surface area contributed by atoms with Crippen LogP contribution in [-0.4, -0.2) is 12.6 Å². The number of nitrogens with zero attached hydrogens (tertiary/aromatic N) is 1. The second-order valence-electron chi connectivity index (χ2n) is 3.57. The fourth-order valence-corrected chi connectivity index (χ4v) is 2.00. The van der Waals surface area contributed by atoms with Crippen molar-refractivity contribution in [2.24, 2.45) is 5.18 Å². The van der Waals surface area contributed by atoms with E-state index in [1.807, 2.05) is 0 Å². The molecule has 1 aromatic rings. The van der Waals surface area contributed by atoms with E-state index in [-0.39, 0.29) is 5.97 Å². The number of carbonyl (C=O) groups is 1. The molecule has 0 saturated heterocycles. The normalized spacial score (nSPS) is 11.1. The van der Waals surface area contributed by atoms with Gasteiger partial charge in [-0.2, -0.15) is 0 Å². The van der Waals surface area contributed by atoms with Crippen molar-refractivity contribution in [2.75, 3.05) is 6.61 Å². The summed E-state index contributed by atoms with van der Waals surface area (Å²) in [5.41, 5.74) is -0.719. The van der Waals surface area contributed by atoms with Crippen LogP contribution in [-0.2, 0) is 14.9 Å². The Hall–Kier alpha value is -1.23. The smallest absolute Gasteiger partial charge is 0.316 e. The zero-order valence-electron chi connectivity index (χ0n) is 8.94. The molecule has 0 fully saturated rings. The molecule has 0 N–H and O–H groups in total. The summed E-state index contributed by atoms with van der Waals surface area (Å²) in [6.07, 6.45) is 0. The van der Waals surface area contributed by atoms with E-state index in [1.54, 1.807) is 32.9 Å². The van der Waals surface area contributed by atoms with Crippen LogP contribution in [0.5, 0.6) is 0 Å². The number of ether oxygens (including phenoxy) is 1. The van der Waals surface area contributed by atoms with Gasteiger partial charge in [-0.1, -0.05) is 0 Å². The number of nitroso groups, excluding NO2 is 1. The lowest BCUT2D eigenvalue weighted by molar-refractivity contribution is -0.148. The van der Waals surface area contributed by atoms with Crippen LogP contribution in [0.4, 0.5) is 5.00 Å². The Labute approximate surface area is 92.2 Å². The van der Waals surface area contributed by atoms with Gasteiger partial charge < -0.3 is 4.74 Å². The summed E-state index contributed by atoms with van der Waals surface area (Å²) < 4.78 is 4.96. The highest BCUT2D eigenvalue weighted by molar-refractivity contribution is 7.16. The summed E-state index contributed by atoms with van der Waals surface area (Å²) in [6, 6.07) is 3.34. The van der Waals surface area contributed by atoms with Gasteiger partial charge in [-0.15, -0.1) is 16.2 Å². The van der Waals surface area contributed by atoms with E-state index >= 15 is 0 Å². The first-order chi connectivity index (χ1) is 7.02. The minimum Gasteiger partial charge on any atom is -0.465 e. The molecule has 1 rings (SSSR count). The average Bonchev–Trinajstić information content (AvgIpc) is 2.66. The van der Waals surface area contributed by atoms with E-state index in [9.17, 15) is 9.70 Å². The maximum absolute atomic E-state index is 11.6. The average molecular weight is 227 g/mol. The molecule has 0 aliphatic rings. The van der Waals surface area contributed by atoms with Crippen molar-refractivity contribution in [3.63, 3.8) is 0 Å². The Morgan fingerprint density at radius 1 is 1.53 bits per heavy atom. The van der Waals surface area contributed by atoms with Crippen LogP contribution in [0.25, 0.3) is 0 Å². The Bertz CT molecular complexity index is 370. The summed E-state index contributed by atoms with van der Waals surface area (Å²) in [5, 5.41) is 3.20. The summed E-state index contributed by atoms with van der Waals surface area (Å²) >= 11 is 1.21. The second-order valence-corrected chi connectivity index (χ2v) is 4.64. The number of rotatable bonds is 4. The molecule has 0 aromatic carbocycles. The van der Waals surface area contributed by atoms with Gasteiger partial charge in [-0.05, 0) is 38.1 Å². The van der Waals surface area contributed by atoms with Gasteiger partial charge in [-0.25, -0.2) is 0 Å². The summed E-state index contributed by atoms with van der Waals surface area (Å²) in [5.74, 6) is -0.288. The summed E-state index contributed by atoms with van der Waals surface area (Å²) in [4.78, 5) is 22.7. The van der Waals surface area contributed by atoms with Crippen LogP contribution in [0.1, 0.15) is 25.6 Å². The minimum absolute atomic E-state index is 0.288. The van der Waals surface area contributed by atoms with Gasteiger partial charge in [0.2, 0.25) is 0 Å². The van der Waals surface area contributed by atoms with E-state index < -0.39 is 5.41 Å². The van der Waals surface area contributed by atoms with E-state index in [4.69, 9.17) is 4.74 Å². The second kappa shape index (κ2) is 4.53. The standard InChI is InChI=1S/C10H13NO3S/c1-4-14-9(12)10(2,3)7-5-6-8(11-13)15-7/h5-6H,4H2,1-3H3. The van der Waals surface area contributed by atoms with Gasteiger partial charge in [0.25, 0.3) is 0 Å². The van der Waals surface area contributed by atoms with Crippen LogP contribution in [0.15, 0.2) is 17.3 Å². The van der Waals surface area contributed by atoms with Crippen molar-refractivity contribution in [3.8, 4) is 0 Å². The number of esters is 1. The molecule has 4 nitrogen and oxygen atoms in total. The molecule has 1 aromatic heterocycles. The maximum Gasteiger partial charge on any atom is 0.316 e. The molecule has 0 amide bonds. The van der Waals surface area contributed by atoms with E-state index in [0.717, 1.165) is 4.88 Å². The summed E-state index contributed by atoms with van der Waals surface area (Å²) in [6.45, 7) is 5.66. The molecule has 15 heavy (non-hydrogen) atoms.